The van der Waals surface area contributed by atoms with Crippen LogP contribution in [0.5, 0.6) is 0 Å². The molecule has 2 aliphatic rings. The Balaban J connectivity index is 1.46. The van der Waals surface area contributed by atoms with Gasteiger partial charge in [0.2, 0.25) is 11.9 Å². The number of nitrogens with zero attached hydrogens (tertiary/aromatic N) is 7. The molecule has 3 aromatic rings. The normalized spacial score (nSPS) is 17.7. The molecule has 0 aliphatic carbocycles. The molecule has 2 fully saturated rings. The molecule has 2 saturated heterocycles. The monoisotopic (exact) mass is 440 g/mol. The van der Waals surface area contributed by atoms with Gasteiger partial charge in [-0.05, 0) is 12.1 Å². The molecule has 0 atom stereocenters. The van der Waals surface area contributed by atoms with E-state index < -0.39 is 0 Å². The fraction of sp³-hybridized carbons (Fsp3) is 0.450. The standard InChI is InChI=1S/C20H24N8O2S/c21-19-22-11-14(12-23-19)17-24-18(26-20(25-17)28-5-9-30-10-6-28)16-2-1-15(31-16)13-27-3-7-29-8-4-27/h1-2,11-12H,3-10,13H2,(H2,21,22,23). The van der Waals surface area contributed by atoms with Crippen molar-refractivity contribution in [3.05, 3.63) is 29.4 Å². The van der Waals surface area contributed by atoms with E-state index in [0.29, 0.717) is 36.4 Å². The van der Waals surface area contributed by atoms with E-state index in [1.165, 1.54) is 4.88 Å². The third-order valence-corrected chi connectivity index (χ3v) is 6.28. The quantitative estimate of drug-likeness (QED) is 0.622. The van der Waals surface area contributed by atoms with Crippen molar-refractivity contribution in [2.24, 2.45) is 0 Å². The topological polar surface area (TPSA) is 115 Å². The highest BCUT2D eigenvalue weighted by Crippen LogP contribution is 2.29. The molecular formula is C20H24N8O2S. The third-order valence-electron chi connectivity index (χ3n) is 5.21. The summed E-state index contributed by atoms with van der Waals surface area (Å²) in [6.07, 6.45) is 3.28. The minimum Gasteiger partial charge on any atom is -0.379 e. The molecule has 162 valence electrons. The van der Waals surface area contributed by atoms with Gasteiger partial charge in [0.05, 0.1) is 36.9 Å². The molecule has 0 radical (unpaired) electrons. The average Bonchev–Trinajstić information content (AvgIpc) is 3.29. The summed E-state index contributed by atoms with van der Waals surface area (Å²) < 4.78 is 10.9. The maximum Gasteiger partial charge on any atom is 0.229 e. The minimum atomic E-state index is 0.220. The summed E-state index contributed by atoms with van der Waals surface area (Å²) in [5, 5.41) is 0. The largest absolute Gasteiger partial charge is 0.379 e. The molecule has 2 aliphatic heterocycles. The Labute approximate surface area is 184 Å². The first kappa shape index (κ1) is 20.2. The van der Waals surface area contributed by atoms with Crippen LogP contribution in [0.3, 0.4) is 0 Å². The zero-order valence-electron chi connectivity index (χ0n) is 17.1. The van der Waals surface area contributed by atoms with Crippen molar-refractivity contribution in [3.63, 3.8) is 0 Å². The fourth-order valence-corrected chi connectivity index (χ4v) is 4.51. The zero-order chi connectivity index (χ0) is 21.0. The number of nitrogen functional groups attached to an aromatic ring is 1. The van der Waals surface area contributed by atoms with Crippen molar-refractivity contribution < 1.29 is 9.47 Å². The van der Waals surface area contributed by atoms with Gasteiger partial charge in [0.25, 0.3) is 0 Å². The second kappa shape index (κ2) is 9.18. The Morgan fingerprint density at radius 2 is 1.55 bits per heavy atom. The Bertz CT molecular complexity index is 1020. The van der Waals surface area contributed by atoms with Crippen LogP contribution in [0.15, 0.2) is 24.5 Å². The lowest BCUT2D eigenvalue weighted by atomic mass is 10.3. The average molecular weight is 441 g/mol. The Hall–Kier alpha value is -2.73. The highest BCUT2D eigenvalue weighted by atomic mass is 32.1. The van der Waals surface area contributed by atoms with E-state index in [9.17, 15) is 0 Å². The minimum absolute atomic E-state index is 0.220. The van der Waals surface area contributed by atoms with Crippen LogP contribution in [-0.4, -0.2) is 82.4 Å². The second-order valence-electron chi connectivity index (χ2n) is 7.37. The first-order chi connectivity index (χ1) is 15.2. The summed E-state index contributed by atoms with van der Waals surface area (Å²) in [7, 11) is 0. The number of morpholine rings is 2. The number of hydrogen-bond donors (Lipinski definition) is 1. The molecule has 0 amide bonds. The van der Waals surface area contributed by atoms with Crippen molar-refractivity contribution in [3.8, 4) is 22.1 Å². The summed E-state index contributed by atoms with van der Waals surface area (Å²) in [6.45, 7) is 7.22. The molecule has 3 aromatic heterocycles. The fourth-order valence-electron chi connectivity index (χ4n) is 3.53. The Morgan fingerprint density at radius 1 is 0.871 bits per heavy atom. The molecule has 0 saturated carbocycles. The van der Waals surface area contributed by atoms with E-state index in [0.717, 1.165) is 50.8 Å². The van der Waals surface area contributed by atoms with Crippen LogP contribution in [-0.2, 0) is 16.0 Å². The lowest BCUT2D eigenvalue weighted by molar-refractivity contribution is 0.0346. The van der Waals surface area contributed by atoms with Crippen LogP contribution < -0.4 is 10.6 Å². The van der Waals surface area contributed by atoms with Gasteiger partial charge in [0.1, 0.15) is 0 Å². The summed E-state index contributed by atoms with van der Waals surface area (Å²) in [4.78, 5) is 29.2. The van der Waals surface area contributed by atoms with Crippen LogP contribution in [0.1, 0.15) is 4.88 Å². The van der Waals surface area contributed by atoms with Crippen molar-refractivity contribution in [1.29, 1.82) is 0 Å². The van der Waals surface area contributed by atoms with Crippen LogP contribution >= 0.6 is 11.3 Å². The van der Waals surface area contributed by atoms with Crippen LogP contribution in [0, 0.1) is 0 Å². The van der Waals surface area contributed by atoms with Gasteiger partial charge < -0.3 is 20.1 Å². The highest BCUT2D eigenvalue weighted by molar-refractivity contribution is 7.15. The van der Waals surface area contributed by atoms with Gasteiger partial charge in [0.15, 0.2) is 11.6 Å². The smallest absolute Gasteiger partial charge is 0.229 e. The number of rotatable bonds is 5. The maximum absolute atomic E-state index is 5.64. The SMILES string of the molecule is Nc1ncc(-c2nc(-c3ccc(CN4CCOCC4)s3)nc(N3CCOCC3)n2)cn1. The van der Waals surface area contributed by atoms with Gasteiger partial charge in [-0.1, -0.05) is 0 Å². The van der Waals surface area contributed by atoms with Crippen molar-refractivity contribution in [2.75, 3.05) is 63.2 Å². The van der Waals surface area contributed by atoms with Gasteiger partial charge in [-0.2, -0.15) is 9.97 Å². The summed E-state index contributed by atoms with van der Waals surface area (Å²) in [5.41, 5.74) is 6.35. The zero-order valence-corrected chi connectivity index (χ0v) is 17.9. The number of nitrogens with two attached hydrogens (primary N) is 1. The van der Waals surface area contributed by atoms with Gasteiger partial charge >= 0.3 is 0 Å². The second-order valence-corrected chi connectivity index (χ2v) is 8.53. The van der Waals surface area contributed by atoms with E-state index in [4.69, 9.17) is 30.2 Å². The molecule has 11 heteroatoms. The predicted octanol–water partition coefficient (Wildman–Crippen LogP) is 1.31. The van der Waals surface area contributed by atoms with E-state index in [2.05, 4.69) is 31.9 Å². The third kappa shape index (κ3) is 4.79. The maximum atomic E-state index is 5.64. The molecule has 0 unspecified atom stereocenters. The van der Waals surface area contributed by atoms with Gasteiger partial charge in [-0.15, -0.1) is 11.3 Å². The molecule has 0 aromatic carbocycles. The summed E-state index contributed by atoms with van der Waals surface area (Å²) in [6, 6.07) is 4.24. The molecule has 0 spiro atoms. The number of thiophene rings is 1. The van der Waals surface area contributed by atoms with Crippen molar-refractivity contribution in [1.82, 2.24) is 29.8 Å². The molecule has 5 rings (SSSR count). The lowest BCUT2D eigenvalue weighted by Crippen LogP contribution is -2.37. The Morgan fingerprint density at radius 3 is 2.29 bits per heavy atom. The van der Waals surface area contributed by atoms with Crippen LogP contribution in [0.2, 0.25) is 0 Å². The molecule has 0 bridgehead atoms. The van der Waals surface area contributed by atoms with Gasteiger partial charge in [-0.25, -0.2) is 15.0 Å². The molecule has 5 heterocycles. The number of ether oxygens (including phenoxy) is 2. The first-order valence-electron chi connectivity index (χ1n) is 10.3. The highest BCUT2D eigenvalue weighted by Gasteiger charge is 2.19. The van der Waals surface area contributed by atoms with E-state index in [1.54, 1.807) is 23.7 Å². The van der Waals surface area contributed by atoms with Gasteiger partial charge in [-0.3, -0.25) is 4.90 Å². The van der Waals surface area contributed by atoms with E-state index >= 15 is 0 Å². The first-order valence-corrected chi connectivity index (χ1v) is 11.1. The molecule has 10 nitrogen and oxygen atoms in total. The number of hydrogen-bond acceptors (Lipinski definition) is 11. The van der Waals surface area contributed by atoms with E-state index in [1.807, 2.05) is 0 Å². The molecule has 2 N–H and O–H groups in total. The summed E-state index contributed by atoms with van der Waals surface area (Å²) >= 11 is 1.71. The molecular weight excluding hydrogens is 416 g/mol. The number of aromatic nitrogens is 5. The van der Waals surface area contributed by atoms with Gasteiger partial charge in [0, 0.05) is 50.0 Å². The van der Waals surface area contributed by atoms with Crippen molar-refractivity contribution >= 4 is 23.2 Å². The lowest BCUT2D eigenvalue weighted by Gasteiger charge is -2.27. The predicted molar refractivity (Wildman–Crippen MR) is 118 cm³/mol. The Kier molecular flexibility index (Phi) is 5.98. The number of anilines is 2. The van der Waals surface area contributed by atoms with Crippen molar-refractivity contribution in [2.45, 2.75) is 6.54 Å². The molecule has 31 heavy (non-hydrogen) atoms. The summed E-state index contributed by atoms with van der Waals surface area (Å²) in [5.74, 6) is 2.05. The van der Waals surface area contributed by atoms with Crippen LogP contribution in [0.4, 0.5) is 11.9 Å². The van der Waals surface area contributed by atoms with Crippen LogP contribution in [0.25, 0.3) is 22.1 Å². The van der Waals surface area contributed by atoms with E-state index in [-0.39, 0.29) is 5.95 Å².